The molecule has 5 nitrogen and oxygen atoms in total. The molecule has 0 saturated carbocycles. The number of nitrogens with zero attached hydrogens (tertiary/aromatic N) is 4. The second-order valence-corrected chi connectivity index (χ2v) is 13.7. The fraction of sp³-hybridized carbons (Fsp3) is 0. The number of benzene rings is 9. The third kappa shape index (κ3) is 5.07. The van der Waals surface area contributed by atoms with E-state index in [-0.39, 0.29) is 91.0 Å². The number of hydrogen-bond donors (Lipinski definition) is 0. The summed E-state index contributed by atoms with van der Waals surface area (Å²) in [5, 5.41) is 3.91. The molecule has 0 aliphatic rings. The van der Waals surface area contributed by atoms with Crippen molar-refractivity contribution in [2.45, 2.75) is 0 Å². The minimum atomic E-state index is -0.535. The molecule has 0 N–H and O–H groups in total. The van der Waals surface area contributed by atoms with Crippen LogP contribution in [0.25, 0.3) is 116 Å². The predicted molar refractivity (Wildman–Crippen MR) is 238 cm³/mol. The molecule has 58 heavy (non-hydrogen) atoms. The van der Waals surface area contributed by atoms with Crippen LogP contribution in [0.2, 0.25) is 0 Å². The van der Waals surface area contributed by atoms with Crippen molar-refractivity contribution in [1.29, 1.82) is 0 Å². The van der Waals surface area contributed by atoms with E-state index < -0.39 is 60.4 Å². The lowest BCUT2D eigenvalue weighted by Crippen LogP contribution is -2.03. The van der Waals surface area contributed by atoms with Crippen molar-refractivity contribution < 1.29 is 23.6 Å². The molecule has 0 aliphatic heterocycles. The zero-order valence-electron chi connectivity index (χ0n) is 44.1. The third-order valence-corrected chi connectivity index (χ3v) is 10.5. The molecular weight excluding hydrogens is 709 g/mol. The van der Waals surface area contributed by atoms with Crippen LogP contribution >= 0.6 is 0 Å². The van der Waals surface area contributed by atoms with Gasteiger partial charge in [-0.2, -0.15) is 0 Å². The van der Waals surface area contributed by atoms with Crippen LogP contribution in [0.1, 0.15) is 19.2 Å². The van der Waals surface area contributed by atoms with Crippen LogP contribution in [-0.2, 0) is 0 Å². The molecule has 0 saturated heterocycles. The highest BCUT2D eigenvalue weighted by atomic mass is 16.3. The topological polar surface area (TPSA) is 56.7 Å². The van der Waals surface area contributed by atoms with Gasteiger partial charge in [0.05, 0.1) is 35.9 Å². The van der Waals surface area contributed by atoms with Crippen molar-refractivity contribution in [3.8, 4) is 51.0 Å². The van der Waals surface area contributed by atoms with Crippen LogP contribution in [0.3, 0.4) is 0 Å². The van der Waals surface area contributed by atoms with Gasteiger partial charge in [0.2, 0.25) is 0 Å². The quantitative estimate of drug-likeness (QED) is 0.164. The first-order valence-electron chi connectivity index (χ1n) is 25.4. The van der Waals surface area contributed by atoms with Gasteiger partial charge in [0.1, 0.15) is 11.2 Å². The zero-order chi connectivity index (χ0) is 50.3. The summed E-state index contributed by atoms with van der Waals surface area (Å²) in [5.41, 5.74) is 1.84. The summed E-state index contributed by atoms with van der Waals surface area (Å²) in [7, 11) is 0. The van der Waals surface area contributed by atoms with E-state index in [1.165, 1.54) is 10.6 Å². The van der Waals surface area contributed by atoms with Gasteiger partial charge in [0, 0.05) is 43.8 Å². The second-order valence-electron chi connectivity index (χ2n) is 13.7. The van der Waals surface area contributed by atoms with Crippen LogP contribution < -0.4 is 0 Å². The fourth-order valence-corrected chi connectivity index (χ4v) is 7.82. The third-order valence-electron chi connectivity index (χ3n) is 10.5. The van der Waals surface area contributed by atoms with E-state index in [0.717, 1.165) is 21.5 Å². The van der Waals surface area contributed by atoms with Gasteiger partial charge < -0.3 is 8.98 Å². The van der Waals surface area contributed by atoms with E-state index in [4.69, 9.17) is 37.2 Å². The maximum absolute atomic E-state index is 9.18. The summed E-state index contributed by atoms with van der Waals surface area (Å²) in [4.78, 5) is 15.2. The highest BCUT2D eigenvalue weighted by molar-refractivity contribution is 6.11. The molecule has 5 heteroatoms. The van der Waals surface area contributed by atoms with E-state index in [1.54, 1.807) is 48.5 Å². The summed E-state index contributed by atoms with van der Waals surface area (Å²) in [6, 6.07) is 26.8. The first-order chi connectivity index (χ1) is 34.5. The number of furan rings is 1. The fourth-order valence-electron chi connectivity index (χ4n) is 7.82. The molecule has 12 aromatic rings. The lowest BCUT2D eigenvalue weighted by atomic mass is 9.99. The minimum absolute atomic E-state index is 0.0106. The van der Waals surface area contributed by atoms with Crippen molar-refractivity contribution in [2.75, 3.05) is 0 Å². The van der Waals surface area contributed by atoms with Gasteiger partial charge in [-0.1, -0.05) is 151 Å². The molecule has 0 fully saturated rings. The van der Waals surface area contributed by atoms with E-state index >= 15 is 0 Å². The number of fused-ring (bicyclic) bond motifs is 9. The Labute approximate surface area is 352 Å². The molecule has 0 bridgehead atoms. The van der Waals surface area contributed by atoms with E-state index in [2.05, 4.69) is 0 Å². The van der Waals surface area contributed by atoms with Crippen molar-refractivity contribution in [1.82, 2.24) is 19.5 Å². The molecule has 0 aliphatic carbocycles. The van der Waals surface area contributed by atoms with Crippen LogP contribution in [0.15, 0.2) is 198 Å². The molecule has 3 aromatic heterocycles. The van der Waals surface area contributed by atoms with Gasteiger partial charge in [-0.25, -0.2) is 15.0 Å². The number of para-hydroxylation sites is 5. The smallest absolute Gasteiger partial charge is 0.166 e. The normalized spacial score (nSPS) is 15.2. The lowest BCUT2D eigenvalue weighted by Gasteiger charge is -2.15. The summed E-state index contributed by atoms with van der Waals surface area (Å²) in [6.07, 6.45) is 0. The molecule has 0 spiro atoms. The molecule has 270 valence electrons. The molecular formula is C53H32N4O. The predicted octanol–water partition coefficient (Wildman–Crippen LogP) is 13.8. The van der Waals surface area contributed by atoms with Gasteiger partial charge in [-0.05, 0) is 69.5 Å². The molecule has 0 atom stereocenters. The Bertz CT molecular complexity index is 4420. The Morgan fingerprint density at radius 2 is 1.10 bits per heavy atom. The van der Waals surface area contributed by atoms with Crippen LogP contribution in [0.4, 0.5) is 0 Å². The van der Waals surface area contributed by atoms with Gasteiger partial charge >= 0.3 is 0 Å². The molecule has 0 unspecified atom stereocenters. The monoisotopic (exact) mass is 754 g/mol. The number of rotatable bonds is 5. The summed E-state index contributed by atoms with van der Waals surface area (Å²) in [6.45, 7) is 0. The standard InChI is InChI=1S/C53H32N4O/c1-2-16-38-33(13-1)27-28-35-32-37(29-30-39(35)38)52-54-51(36-15-11-14-34(31-36)40-21-12-22-44-43-19-6-10-26-49(43)58-50(40)44)55-53(56-52)45-20-5-9-25-48(45)57-46-23-7-3-17-41(46)42-18-4-8-24-47(42)57/h1-32H/i3D,4D,6D,7D,10D,12D,17D,18D,19D,21D,22D,23D,24D,26D. The van der Waals surface area contributed by atoms with Crippen molar-refractivity contribution in [2.24, 2.45) is 0 Å². The Morgan fingerprint density at radius 1 is 0.414 bits per heavy atom. The van der Waals surface area contributed by atoms with E-state index in [1.807, 2.05) is 54.6 Å². The van der Waals surface area contributed by atoms with Gasteiger partial charge in [-0.15, -0.1) is 0 Å². The Hall–Kier alpha value is -7.89. The molecule has 0 amide bonds. The average molecular weight is 755 g/mol. The molecule has 12 rings (SSSR count). The number of hydrogen-bond acceptors (Lipinski definition) is 4. The maximum Gasteiger partial charge on any atom is 0.166 e. The average Bonchev–Trinajstić information content (AvgIpc) is 3.98. The largest absolute Gasteiger partial charge is 0.455 e. The zero-order valence-corrected chi connectivity index (χ0v) is 30.1. The van der Waals surface area contributed by atoms with Crippen molar-refractivity contribution in [3.05, 3.63) is 194 Å². The minimum Gasteiger partial charge on any atom is -0.455 e. The molecule has 9 aromatic carbocycles. The van der Waals surface area contributed by atoms with Gasteiger partial charge in [0.15, 0.2) is 17.5 Å². The molecule has 0 radical (unpaired) electrons. The summed E-state index contributed by atoms with van der Waals surface area (Å²) in [5.74, 6) is 0.480. The Morgan fingerprint density at radius 3 is 2.03 bits per heavy atom. The second kappa shape index (κ2) is 12.8. The highest BCUT2D eigenvalue weighted by Gasteiger charge is 2.20. The van der Waals surface area contributed by atoms with Crippen molar-refractivity contribution in [3.63, 3.8) is 0 Å². The van der Waals surface area contributed by atoms with Crippen molar-refractivity contribution >= 4 is 65.3 Å². The SMILES string of the molecule is [2H]c1cc([2H])c2c(c1[2H])c1c([2H])c([2H])c([2H])c([2H])c1n2-c1ccccc1-c1nc(-c2cccc(-c3c([2H])c([2H])c([2H])c4c3oc3c([2H])c([2H])c([2H])c([2H])c34)c2)nc(-c2ccc3c(ccc4ccccc43)c2)n1. The van der Waals surface area contributed by atoms with Gasteiger partial charge in [-0.3, -0.25) is 0 Å². The van der Waals surface area contributed by atoms with Crippen LogP contribution in [0, 0.1) is 0 Å². The number of aromatic nitrogens is 4. The highest BCUT2D eigenvalue weighted by Crippen LogP contribution is 2.39. The van der Waals surface area contributed by atoms with Crippen LogP contribution in [0.5, 0.6) is 0 Å². The summed E-state index contributed by atoms with van der Waals surface area (Å²) < 4.78 is 131. The van der Waals surface area contributed by atoms with E-state index in [0.29, 0.717) is 27.9 Å². The van der Waals surface area contributed by atoms with E-state index in [9.17, 15) is 1.37 Å². The maximum atomic E-state index is 9.18. The molecule has 3 heterocycles. The Balaban J connectivity index is 1.13. The first kappa shape index (κ1) is 21.4. The lowest BCUT2D eigenvalue weighted by molar-refractivity contribution is 0.670. The van der Waals surface area contributed by atoms with Gasteiger partial charge in [0.25, 0.3) is 0 Å². The Kier molecular flexibility index (Phi) is 4.74. The van der Waals surface area contributed by atoms with Crippen LogP contribution in [-0.4, -0.2) is 19.5 Å². The summed E-state index contributed by atoms with van der Waals surface area (Å²) >= 11 is 0. The first-order valence-corrected chi connectivity index (χ1v) is 18.4.